The first-order valence-corrected chi connectivity index (χ1v) is 7.97. The maximum absolute atomic E-state index is 4.79. The molecule has 18 heavy (non-hydrogen) atoms. The lowest BCUT2D eigenvalue weighted by atomic mass is 10.1. The molecule has 5 heteroatoms. The van der Waals surface area contributed by atoms with Gasteiger partial charge in [0, 0.05) is 18.6 Å². The van der Waals surface area contributed by atoms with Gasteiger partial charge in [0.05, 0.1) is 0 Å². The third kappa shape index (κ3) is 8.29. The van der Waals surface area contributed by atoms with Crippen LogP contribution in [-0.4, -0.2) is 36.0 Å². The molecule has 2 heterocycles. The van der Waals surface area contributed by atoms with Crippen molar-refractivity contribution in [2.24, 2.45) is 0 Å². The largest absolute Gasteiger partial charge is 0.370 e. The summed E-state index contributed by atoms with van der Waals surface area (Å²) in [5, 5.41) is 9.85. The number of piperidine rings is 2. The fourth-order valence-corrected chi connectivity index (χ4v) is 2.51. The SMILES string of the molecule is CC1CCCCN1.S=C(S)NCC1CCCCN1. The minimum Gasteiger partial charge on any atom is -0.370 e. The Morgan fingerprint density at radius 1 is 1.17 bits per heavy atom. The molecule has 106 valence electrons. The molecule has 0 radical (unpaired) electrons. The minimum absolute atomic E-state index is 0.592. The Hall–Kier alpha value is 0.160. The van der Waals surface area contributed by atoms with Gasteiger partial charge in [-0.1, -0.05) is 25.1 Å². The second kappa shape index (κ2) is 10.0. The highest BCUT2D eigenvalue weighted by molar-refractivity contribution is 8.11. The summed E-state index contributed by atoms with van der Waals surface area (Å²) in [4.78, 5) is 0. The monoisotopic (exact) mass is 289 g/mol. The van der Waals surface area contributed by atoms with E-state index in [-0.39, 0.29) is 0 Å². The summed E-state index contributed by atoms with van der Waals surface area (Å²) in [7, 11) is 0. The van der Waals surface area contributed by atoms with Gasteiger partial charge < -0.3 is 16.0 Å². The second-order valence-corrected chi connectivity index (χ2v) is 6.34. The Labute approximate surface area is 122 Å². The number of hydrogen-bond donors (Lipinski definition) is 4. The maximum atomic E-state index is 4.79. The van der Waals surface area contributed by atoms with Crippen molar-refractivity contribution in [3.05, 3.63) is 0 Å². The van der Waals surface area contributed by atoms with Crippen molar-refractivity contribution in [3.8, 4) is 0 Å². The van der Waals surface area contributed by atoms with Gasteiger partial charge in [0.1, 0.15) is 4.32 Å². The number of thiocarbonyl (C=S) groups is 1. The smallest absolute Gasteiger partial charge is 0.130 e. The molecule has 3 nitrogen and oxygen atoms in total. The topological polar surface area (TPSA) is 36.1 Å². The summed E-state index contributed by atoms with van der Waals surface area (Å²) in [6.45, 7) is 5.55. The lowest BCUT2D eigenvalue weighted by Crippen LogP contribution is -2.42. The molecule has 0 aromatic carbocycles. The van der Waals surface area contributed by atoms with E-state index in [4.69, 9.17) is 12.2 Å². The number of hydrogen-bond acceptors (Lipinski definition) is 3. The highest BCUT2D eigenvalue weighted by Crippen LogP contribution is 2.05. The van der Waals surface area contributed by atoms with Gasteiger partial charge >= 0.3 is 0 Å². The summed E-state index contributed by atoms with van der Waals surface area (Å²) in [5.41, 5.74) is 0. The molecule has 2 saturated heterocycles. The highest BCUT2D eigenvalue weighted by Gasteiger charge is 2.11. The average molecular weight is 290 g/mol. The predicted octanol–water partition coefficient (Wildman–Crippen LogP) is 2.08. The lowest BCUT2D eigenvalue weighted by molar-refractivity contribution is 0.399. The fourth-order valence-electron chi connectivity index (χ4n) is 2.33. The molecule has 2 aliphatic rings. The van der Waals surface area contributed by atoms with E-state index in [1.54, 1.807) is 0 Å². The van der Waals surface area contributed by atoms with Gasteiger partial charge in [0.2, 0.25) is 0 Å². The van der Waals surface area contributed by atoms with E-state index < -0.39 is 0 Å². The van der Waals surface area contributed by atoms with E-state index in [1.165, 1.54) is 45.1 Å². The molecule has 2 unspecified atom stereocenters. The van der Waals surface area contributed by atoms with Gasteiger partial charge in [-0.15, -0.1) is 12.6 Å². The van der Waals surface area contributed by atoms with Crippen LogP contribution in [0.5, 0.6) is 0 Å². The summed E-state index contributed by atoms with van der Waals surface area (Å²) < 4.78 is 0.595. The van der Waals surface area contributed by atoms with Crippen molar-refractivity contribution in [1.29, 1.82) is 0 Å². The number of thiol groups is 1. The molecule has 0 aliphatic carbocycles. The molecule has 2 atom stereocenters. The maximum Gasteiger partial charge on any atom is 0.130 e. The molecule has 0 saturated carbocycles. The van der Waals surface area contributed by atoms with Gasteiger partial charge in [-0.05, 0) is 45.7 Å². The normalized spacial score (nSPS) is 27.9. The van der Waals surface area contributed by atoms with E-state index >= 15 is 0 Å². The van der Waals surface area contributed by atoms with Crippen LogP contribution in [0.1, 0.15) is 45.4 Å². The van der Waals surface area contributed by atoms with Gasteiger partial charge in [-0.2, -0.15) is 0 Å². The summed E-state index contributed by atoms with van der Waals surface area (Å²) >= 11 is 8.78. The van der Waals surface area contributed by atoms with Gasteiger partial charge in [0.15, 0.2) is 0 Å². The number of rotatable bonds is 2. The highest BCUT2D eigenvalue weighted by atomic mass is 32.1. The van der Waals surface area contributed by atoms with E-state index in [0.717, 1.165) is 19.1 Å². The zero-order valence-electron chi connectivity index (χ0n) is 11.4. The standard InChI is InChI=1S/C7H14N2S2.C6H13N/c10-7(11)9-5-6-3-1-2-4-8-6;1-6-4-2-3-5-7-6/h6,8H,1-5H2,(H2,9,10,11);6-7H,2-5H2,1H3. The Balaban J connectivity index is 0.000000199. The van der Waals surface area contributed by atoms with Crippen LogP contribution in [0.15, 0.2) is 0 Å². The van der Waals surface area contributed by atoms with Crippen LogP contribution in [0.2, 0.25) is 0 Å². The van der Waals surface area contributed by atoms with E-state index in [1.807, 2.05) is 0 Å². The first-order chi connectivity index (χ1) is 8.68. The van der Waals surface area contributed by atoms with Crippen LogP contribution in [0.25, 0.3) is 0 Å². The van der Waals surface area contributed by atoms with E-state index in [0.29, 0.717) is 10.4 Å². The summed E-state index contributed by atoms with van der Waals surface area (Å²) in [6.07, 6.45) is 8.07. The van der Waals surface area contributed by atoms with Gasteiger partial charge in [-0.3, -0.25) is 0 Å². The molecular formula is C13H27N3S2. The minimum atomic E-state index is 0.592. The van der Waals surface area contributed by atoms with Crippen molar-refractivity contribution in [2.45, 2.75) is 57.5 Å². The zero-order chi connectivity index (χ0) is 13.2. The quantitative estimate of drug-likeness (QED) is 0.464. The van der Waals surface area contributed by atoms with Crippen molar-refractivity contribution in [3.63, 3.8) is 0 Å². The lowest BCUT2D eigenvalue weighted by Gasteiger charge is -2.23. The Kier molecular flexibility index (Phi) is 9.02. The molecular weight excluding hydrogens is 262 g/mol. The fraction of sp³-hybridized carbons (Fsp3) is 0.923. The van der Waals surface area contributed by atoms with Crippen molar-refractivity contribution in [2.75, 3.05) is 19.6 Å². The molecule has 0 aromatic heterocycles. The first-order valence-electron chi connectivity index (χ1n) is 7.12. The van der Waals surface area contributed by atoms with Crippen LogP contribution < -0.4 is 16.0 Å². The average Bonchev–Trinajstić information content (AvgIpc) is 2.39. The Morgan fingerprint density at radius 2 is 1.83 bits per heavy atom. The summed E-state index contributed by atoms with van der Waals surface area (Å²) in [5.74, 6) is 0. The van der Waals surface area contributed by atoms with Gasteiger partial charge in [0.25, 0.3) is 0 Å². The van der Waals surface area contributed by atoms with Crippen LogP contribution >= 0.6 is 24.8 Å². The van der Waals surface area contributed by atoms with Gasteiger partial charge in [-0.25, -0.2) is 0 Å². The molecule has 2 rings (SSSR count). The van der Waals surface area contributed by atoms with Crippen LogP contribution in [-0.2, 0) is 0 Å². The van der Waals surface area contributed by atoms with E-state index in [9.17, 15) is 0 Å². The molecule has 2 aliphatic heterocycles. The Morgan fingerprint density at radius 3 is 2.22 bits per heavy atom. The first kappa shape index (κ1) is 16.2. The van der Waals surface area contributed by atoms with Crippen LogP contribution in [0, 0.1) is 0 Å². The molecule has 0 spiro atoms. The molecule has 0 aromatic rings. The number of nitrogens with one attached hydrogen (secondary N) is 3. The van der Waals surface area contributed by atoms with Crippen molar-refractivity contribution in [1.82, 2.24) is 16.0 Å². The van der Waals surface area contributed by atoms with Crippen LogP contribution in [0.3, 0.4) is 0 Å². The van der Waals surface area contributed by atoms with Crippen molar-refractivity contribution < 1.29 is 0 Å². The molecule has 3 N–H and O–H groups in total. The van der Waals surface area contributed by atoms with Crippen molar-refractivity contribution >= 4 is 29.2 Å². The van der Waals surface area contributed by atoms with E-state index in [2.05, 4.69) is 35.5 Å². The third-order valence-corrected chi connectivity index (χ3v) is 3.77. The Bertz CT molecular complexity index is 224. The zero-order valence-corrected chi connectivity index (χ0v) is 13.1. The summed E-state index contributed by atoms with van der Waals surface area (Å²) in [6, 6.07) is 1.38. The molecule has 2 fully saturated rings. The predicted molar refractivity (Wildman–Crippen MR) is 86.5 cm³/mol. The third-order valence-electron chi connectivity index (χ3n) is 3.47. The second-order valence-electron chi connectivity index (χ2n) is 5.18. The molecule has 0 amide bonds. The molecule has 0 bridgehead atoms. The van der Waals surface area contributed by atoms with Crippen LogP contribution in [0.4, 0.5) is 0 Å².